The number of thioether (sulfide) groups is 1. The molecule has 1 aliphatic heterocycles. The van der Waals surface area contributed by atoms with Crippen molar-refractivity contribution < 1.29 is 9.21 Å². The molecule has 0 radical (unpaired) electrons. The lowest BCUT2D eigenvalue weighted by Crippen LogP contribution is -2.24. The monoisotopic (exact) mass is 438 g/mol. The smallest absolute Gasteiger partial charge is 0.287 e. The molecule has 3 aromatic rings. The van der Waals surface area contributed by atoms with Crippen LogP contribution in [0.5, 0.6) is 0 Å². The number of imidazole rings is 1. The first kappa shape index (κ1) is 21.7. The number of likely N-dealkylation sites (tertiary alicyclic amines) is 1. The van der Waals surface area contributed by atoms with Crippen LogP contribution in [0.1, 0.15) is 53.1 Å². The second kappa shape index (κ2) is 10.7. The molecule has 0 unspecified atom stereocenters. The van der Waals surface area contributed by atoms with E-state index in [2.05, 4.69) is 39.5 Å². The highest BCUT2D eigenvalue weighted by molar-refractivity contribution is 7.98. The summed E-state index contributed by atoms with van der Waals surface area (Å²) in [7, 11) is 1.96. The summed E-state index contributed by atoms with van der Waals surface area (Å²) < 4.78 is 7.69. The third kappa shape index (κ3) is 6.24. The van der Waals surface area contributed by atoms with E-state index in [1.165, 1.54) is 44.3 Å². The van der Waals surface area contributed by atoms with Crippen LogP contribution in [0.3, 0.4) is 0 Å². The largest absolute Gasteiger partial charge is 0.455 e. The van der Waals surface area contributed by atoms with Gasteiger partial charge in [0.2, 0.25) is 0 Å². The molecule has 1 N–H and O–H groups in total. The highest BCUT2D eigenvalue weighted by Crippen LogP contribution is 2.22. The molecular weight excluding hydrogens is 408 g/mol. The zero-order chi connectivity index (χ0) is 21.5. The normalized spacial score (nSPS) is 15.0. The van der Waals surface area contributed by atoms with Gasteiger partial charge in [-0.05, 0) is 49.2 Å². The Bertz CT molecular complexity index is 989. The Labute approximate surface area is 188 Å². The second-order valence-electron chi connectivity index (χ2n) is 8.07. The van der Waals surface area contributed by atoms with E-state index in [0.717, 1.165) is 23.0 Å². The molecule has 1 aromatic carbocycles. The summed E-state index contributed by atoms with van der Waals surface area (Å²) in [6.07, 6.45) is 8.96. The molecule has 3 heterocycles. The van der Waals surface area contributed by atoms with Crippen LogP contribution in [0.4, 0.5) is 0 Å². The van der Waals surface area contributed by atoms with Gasteiger partial charge >= 0.3 is 0 Å². The van der Waals surface area contributed by atoms with Crippen LogP contribution in [0, 0.1) is 0 Å². The van der Waals surface area contributed by atoms with Crippen LogP contribution in [-0.2, 0) is 25.9 Å². The first-order chi connectivity index (χ1) is 15.2. The highest BCUT2D eigenvalue weighted by atomic mass is 32.2. The lowest BCUT2D eigenvalue weighted by atomic mass is 10.1. The van der Waals surface area contributed by atoms with Crippen molar-refractivity contribution in [2.24, 2.45) is 7.05 Å². The fourth-order valence-electron chi connectivity index (χ4n) is 3.86. The quantitative estimate of drug-likeness (QED) is 0.520. The summed E-state index contributed by atoms with van der Waals surface area (Å²) in [5.41, 5.74) is 2.41. The van der Waals surface area contributed by atoms with Gasteiger partial charge in [-0.25, -0.2) is 4.98 Å². The maximum absolute atomic E-state index is 12.5. The van der Waals surface area contributed by atoms with Crippen molar-refractivity contribution in [3.8, 4) is 0 Å². The van der Waals surface area contributed by atoms with Crippen molar-refractivity contribution in [3.63, 3.8) is 0 Å². The van der Waals surface area contributed by atoms with E-state index >= 15 is 0 Å². The molecule has 31 heavy (non-hydrogen) atoms. The van der Waals surface area contributed by atoms with E-state index in [1.54, 1.807) is 24.0 Å². The van der Waals surface area contributed by atoms with Gasteiger partial charge in [0.25, 0.3) is 5.91 Å². The predicted octanol–water partition coefficient (Wildman–Crippen LogP) is 4.61. The lowest BCUT2D eigenvalue weighted by molar-refractivity contribution is 0.0921. The summed E-state index contributed by atoms with van der Waals surface area (Å²) in [5.74, 6) is 1.55. The Hall–Kier alpha value is -2.51. The minimum Gasteiger partial charge on any atom is -0.455 e. The van der Waals surface area contributed by atoms with Gasteiger partial charge in [-0.2, -0.15) is 0 Å². The molecule has 4 rings (SSSR count). The zero-order valence-electron chi connectivity index (χ0n) is 18.0. The van der Waals surface area contributed by atoms with Crippen molar-refractivity contribution in [2.75, 3.05) is 13.1 Å². The number of carbonyl (C=O) groups excluding carboxylic acids is 1. The van der Waals surface area contributed by atoms with Crippen molar-refractivity contribution in [1.29, 1.82) is 0 Å². The molecule has 0 saturated carbocycles. The number of amides is 1. The topological polar surface area (TPSA) is 63.3 Å². The number of nitrogens with zero attached hydrogens (tertiary/aromatic N) is 3. The molecule has 164 valence electrons. The molecule has 0 aliphatic carbocycles. The number of aryl methyl sites for hydroxylation is 1. The first-order valence-electron chi connectivity index (χ1n) is 10.9. The lowest BCUT2D eigenvalue weighted by Gasteiger charge is -2.20. The molecule has 1 aliphatic rings. The Morgan fingerprint density at radius 1 is 1.13 bits per heavy atom. The standard InChI is InChI=1S/C24H30N4O2S/c1-27-14-11-25-24(27)31-18-21-9-10-22(30-21)23(29)26-16-19-7-6-8-20(15-19)17-28-12-4-2-3-5-13-28/h6-11,14-15H,2-5,12-13,16-18H2,1H3,(H,26,29). The van der Waals surface area contributed by atoms with Gasteiger partial charge in [0.05, 0.1) is 5.75 Å². The van der Waals surface area contributed by atoms with E-state index in [1.807, 2.05) is 23.9 Å². The summed E-state index contributed by atoms with van der Waals surface area (Å²) in [4.78, 5) is 19.3. The Morgan fingerprint density at radius 3 is 2.71 bits per heavy atom. The van der Waals surface area contributed by atoms with Crippen molar-refractivity contribution >= 4 is 17.7 Å². The van der Waals surface area contributed by atoms with E-state index in [4.69, 9.17) is 4.42 Å². The number of rotatable bonds is 8. The van der Waals surface area contributed by atoms with Gasteiger partial charge in [0, 0.05) is 32.5 Å². The van der Waals surface area contributed by atoms with Crippen LogP contribution in [0.15, 0.2) is 58.4 Å². The Morgan fingerprint density at radius 2 is 1.94 bits per heavy atom. The molecule has 1 amide bonds. The first-order valence-corrected chi connectivity index (χ1v) is 11.9. The molecule has 0 spiro atoms. The Balaban J connectivity index is 1.27. The predicted molar refractivity (Wildman–Crippen MR) is 123 cm³/mol. The van der Waals surface area contributed by atoms with E-state index in [9.17, 15) is 4.79 Å². The van der Waals surface area contributed by atoms with Gasteiger partial charge in [0.15, 0.2) is 10.9 Å². The molecule has 7 heteroatoms. The SMILES string of the molecule is Cn1ccnc1SCc1ccc(C(=O)NCc2cccc(CN3CCCCCC3)c2)o1. The summed E-state index contributed by atoms with van der Waals surface area (Å²) in [6.45, 7) is 3.84. The van der Waals surface area contributed by atoms with Crippen molar-refractivity contribution in [1.82, 2.24) is 19.8 Å². The summed E-state index contributed by atoms with van der Waals surface area (Å²) in [5, 5.41) is 3.90. The van der Waals surface area contributed by atoms with E-state index in [-0.39, 0.29) is 5.91 Å². The van der Waals surface area contributed by atoms with Gasteiger partial charge in [0.1, 0.15) is 5.76 Å². The number of benzene rings is 1. The average molecular weight is 439 g/mol. The molecular formula is C24H30N4O2S. The van der Waals surface area contributed by atoms with Crippen LogP contribution in [0.2, 0.25) is 0 Å². The third-order valence-corrected chi connectivity index (χ3v) is 6.64. The van der Waals surface area contributed by atoms with Crippen LogP contribution in [0.25, 0.3) is 0 Å². The number of nitrogens with one attached hydrogen (secondary N) is 1. The minimum atomic E-state index is -0.189. The molecule has 2 aromatic heterocycles. The molecule has 0 bridgehead atoms. The molecule has 0 atom stereocenters. The molecule has 1 saturated heterocycles. The van der Waals surface area contributed by atoms with Crippen LogP contribution in [-0.4, -0.2) is 33.4 Å². The summed E-state index contributed by atoms with van der Waals surface area (Å²) in [6, 6.07) is 12.1. The number of hydrogen-bond donors (Lipinski definition) is 1. The second-order valence-corrected chi connectivity index (χ2v) is 9.01. The van der Waals surface area contributed by atoms with Crippen LogP contribution >= 0.6 is 11.8 Å². The summed E-state index contributed by atoms with van der Waals surface area (Å²) >= 11 is 1.58. The van der Waals surface area contributed by atoms with Crippen molar-refractivity contribution in [2.45, 2.75) is 49.7 Å². The van der Waals surface area contributed by atoms with Gasteiger partial charge in [-0.15, -0.1) is 0 Å². The fourth-order valence-corrected chi connectivity index (χ4v) is 4.69. The van der Waals surface area contributed by atoms with Crippen LogP contribution < -0.4 is 5.32 Å². The maximum atomic E-state index is 12.5. The van der Waals surface area contributed by atoms with Gasteiger partial charge in [-0.1, -0.05) is 48.9 Å². The highest BCUT2D eigenvalue weighted by Gasteiger charge is 2.13. The Kier molecular flexibility index (Phi) is 7.48. The van der Waals surface area contributed by atoms with Crippen molar-refractivity contribution in [3.05, 3.63) is 71.4 Å². The third-order valence-electron chi connectivity index (χ3n) is 5.56. The number of carbonyl (C=O) groups is 1. The minimum absolute atomic E-state index is 0.189. The maximum Gasteiger partial charge on any atom is 0.287 e. The van der Waals surface area contributed by atoms with Gasteiger partial charge in [-0.3, -0.25) is 9.69 Å². The molecule has 6 nitrogen and oxygen atoms in total. The zero-order valence-corrected chi connectivity index (χ0v) is 18.9. The van der Waals surface area contributed by atoms with E-state index < -0.39 is 0 Å². The average Bonchev–Trinajstić information content (AvgIpc) is 3.34. The number of hydrogen-bond acceptors (Lipinski definition) is 5. The van der Waals surface area contributed by atoms with Gasteiger partial charge < -0.3 is 14.3 Å². The fraction of sp³-hybridized carbons (Fsp3) is 0.417. The van der Waals surface area contributed by atoms with E-state index in [0.29, 0.717) is 18.1 Å². The number of aromatic nitrogens is 2. The molecule has 1 fully saturated rings. The number of furan rings is 1.